The maximum absolute atomic E-state index is 4.67. The predicted octanol–water partition coefficient (Wildman–Crippen LogP) is 3.77. The summed E-state index contributed by atoms with van der Waals surface area (Å²) in [6.07, 6.45) is 5.25. The van der Waals surface area contributed by atoms with Crippen molar-refractivity contribution in [2.45, 2.75) is 79.4 Å². The number of hydrogen-bond acceptors (Lipinski definition) is 2. The van der Waals surface area contributed by atoms with Crippen LogP contribution in [0.15, 0.2) is 6.07 Å². The summed E-state index contributed by atoms with van der Waals surface area (Å²) in [6.45, 7) is 13.7. The summed E-state index contributed by atoms with van der Waals surface area (Å²) in [7, 11) is 0. The van der Waals surface area contributed by atoms with Gasteiger partial charge in [0.15, 0.2) is 0 Å². The Morgan fingerprint density at radius 2 is 2.10 bits per heavy atom. The van der Waals surface area contributed by atoms with Crippen LogP contribution in [0.5, 0.6) is 0 Å². The summed E-state index contributed by atoms with van der Waals surface area (Å²) in [5.74, 6) is 0.905. The van der Waals surface area contributed by atoms with E-state index in [1.807, 2.05) is 0 Å². The van der Waals surface area contributed by atoms with Gasteiger partial charge < -0.3 is 5.32 Å². The third-order valence-electron chi connectivity index (χ3n) is 6.33. The first-order valence-corrected chi connectivity index (χ1v) is 8.69. The third kappa shape index (κ3) is 2.34. The van der Waals surface area contributed by atoms with Crippen LogP contribution in [0.4, 0.5) is 0 Å². The second kappa shape index (κ2) is 5.12. The van der Waals surface area contributed by atoms with E-state index in [1.54, 1.807) is 0 Å². The Bertz CT molecular complexity index is 512. The molecule has 0 aromatic carbocycles. The van der Waals surface area contributed by atoms with Crippen molar-refractivity contribution in [1.29, 1.82) is 0 Å². The molecule has 2 saturated carbocycles. The fourth-order valence-electron chi connectivity index (χ4n) is 5.12. The first kappa shape index (κ1) is 15.1. The average molecular weight is 289 g/mol. The van der Waals surface area contributed by atoms with Crippen molar-refractivity contribution in [3.8, 4) is 0 Å². The van der Waals surface area contributed by atoms with E-state index < -0.39 is 0 Å². The van der Waals surface area contributed by atoms with Gasteiger partial charge in [0.2, 0.25) is 0 Å². The molecule has 3 heteroatoms. The molecule has 0 spiro atoms. The zero-order valence-electron chi connectivity index (χ0n) is 14.4. The van der Waals surface area contributed by atoms with Gasteiger partial charge in [-0.25, -0.2) is 0 Å². The van der Waals surface area contributed by atoms with Gasteiger partial charge >= 0.3 is 0 Å². The lowest BCUT2D eigenvalue weighted by atomic mass is 9.68. The molecule has 1 aromatic rings. The SMILES string of the molecule is CCc1cc(CNC2C3(C)CCC(C3)C2(C)C)n(CC)n1. The van der Waals surface area contributed by atoms with Gasteiger partial charge in [0.05, 0.1) is 11.4 Å². The molecular formula is C18H31N3. The van der Waals surface area contributed by atoms with Crippen LogP contribution in [0.25, 0.3) is 0 Å². The van der Waals surface area contributed by atoms with E-state index in [9.17, 15) is 0 Å². The van der Waals surface area contributed by atoms with Crippen molar-refractivity contribution in [1.82, 2.24) is 15.1 Å². The van der Waals surface area contributed by atoms with Gasteiger partial charge in [-0.05, 0) is 55.4 Å². The first-order valence-electron chi connectivity index (χ1n) is 8.69. The van der Waals surface area contributed by atoms with Gasteiger partial charge in [0.1, 0.15) is 0 Å². The van der Waals surface area contributed by atoms with Crippen LogP contribution in [0.1, 0.15) is 65.3 Å². The summed E-state index contributed by atoms with van der Waals surface area (Å²) in [5, 5.41) is 8.58. The lowest BCUT2D eigenvalue weighted by Crippen LogP contribution is -2.50. The number of aromatic nitrogens is 2. The van der Waals surface area contributed by atoms with Crippen molar-refractivity contribution < 1.29 is 0 Å². The van der Waals surface area contributed by atoms with Gasteiger partial charge in [-0.1, -0.05) is 27.7 Å². The molecule has 2 aliphatic rings. The highest BCUT2D eigenvalue weighted by Crippen LogP contribution is 2.62. The van der Waals surface area contributed by atoms with E-state index >= 15 is 0 Å². The van der Waals surface area contributed by atoms with Crippen molar-refractivity contribution in [2.75, 3.05) is 0 Å². The predicted molar refractivity (Wildman–Crippen MR) is 87.1 cm³/mol. The molecular weight excluding hydrogens is 258 g/mol. The van der Waals surface area contributed by atoms with Crippen LogP contribution >= 0.6 is 0 Å². The summed E-state index contributed by atoms with van der Waals surface area (Å²) >= 11 is 0. The van der Waals surface area contributed by atoms with Crippen molar-refractivity contribution >= 4 is 0 Å². The molecule has 2 aliphatic carbocycles. The molecule has 1 heterocycles. The van der Waals surface area contributed by atoms with Gasteiger partial charge in [-0.3, -0.25) is 4.68 Å². The van der Waals surface area contributed by atoms with Gasteiger partial charge in [-0.2, -0.15) is 5.10 Å². The zero-order chi connectivity index (χ0) is 15.3. The maximum Gasteiger partial charge on any atom is 0.0625 e. The Hall–Kier alpha value is -0.830. The minimum Gasteiger partial charge on any atom is -0.307 e. The average Bonchev–Trinajstić information content (AvgIpc) is 3.06. The lowest BCUT2D eigenvalue weighted by Gasteiger charge is -2.43. The quantitative estimate of drug-likeness (QED) is 0.894. The molecule has 2 fully saturated rings. The van der Waals surface area contributed by atoms with Gasteiger partial charge in [0.25, 0.3) is 0 Å². The van der Waals surface area contributed by atoms with Crippen molar-refractivity contribution in [3.05, 3.63) is 17.5 Å². The van der Waals surface area contributed by atoms with Gasteiger partial charge in [0, 0.05) is 19.1 Å². The number of aryl methyl sites for hydroxylation is 2. The minimum atomic E-state index is 0.428. The minimum absolute atomic E-state index is 0.428. The Morgan fingerprint density at radius 3 is 2.67 bits per heavy atom. The van der Waals surface area contributed by atoms with E-state index in [-0.39, 0.29) is 0 Å². The summed E-state index contributed by atoms with van der Waals surface area (Å²) < 4.78 is 2.16. The molecule has 1 N–H and O–H groups in total. The number of rotatable bonds is 5. The number of fused-ring (bicyclic) bond motifs is 2. The number of hydrogen-bond donors (Lipinski definition) is 1. The summed E-state index contributed by atoms with van der Waals surface area (Å²) in [6, 6.07) is 2.91. The first-order chi connectivity index (χ1) is 9.90. The molecule has 0 radical (unpaired) electrons. The highest BCUT2D eigenvalue weighted by atomic mass is 15.3. The normalized spacial score (nSPS) is 33.8. The van der Waals surface area contributed by atoms with Crippen molar-refractivity contribution in [3.63, 3.8) is 0 Å². The molecule has 3 rings (SSSR count). The maximum atomic E-state index is 4.67. The van der Waals surface area contributed by atoms with E-state index in [0.717, 1.165) is 25.4 Å². The molecule has 3 unspecified atom stereocenters. The van der Waals surface area contributed by atoms with Crippen LogP contribution in [-0.4, -0.2) is 15.8 Å². The molecule has 3 atom stereocenters. The molecule has 0 amide bonds. The topological polar surface area (TPSA) is 29.9 Å². The van der Waals surface area contributed by atoms with Crippen LogP contribution < -0.4 is 5.32 Å². The smallest absolute Gasteiger partial charge is 0.0625 e. The lowest BCUT2D eigenvalue weighted by molar-refractivity contribution is 0.107. The molecule has 0 saturated heterocycles. The fraction of sp³-hybridized carbons (Fsp3) is 0.833. The molecule has 118 valence electrons. The van der Waals surface area contributed by atoms with E-state index in [4.69, 9.17) is 0 Å². The van der Waals surface area contributed by atoms with Gasteiger partial charge in [-0.15, -0.1) is 0 Å². The highest BCUT2D eigenvalue weighted by molar-refractivity contribution is 5.14. The van der Waals surface area contributed by atoms with Crippen LogP contribution in [0.3, 0.4) is 0 Å². The largest absolute Gasteiger partial charge is 0.307 e. The van der Waals surface area contributed by atoms with Crippen LogP contribution in [0, 0.1) is 16.7 Å². The second-order valence-electron chi connectivity index (χ2n) is 8.03. The molecule has 3 nitrogen and oxygen atoms in total. The third-order valence-corrected chi connectivity index (χ3v) is 6.33. The fourth-order valence-corrected chi connectivity index (χ4v) is 5.12. The highest BCUT2D eigenvalue weighted by Gasteiger charge is 2.58. The van der Waals surface area contributed by atoms with E-state index in [1.165, 1.54) is 30.7 Å². The molecule has 2 bridgehead atoms. The van der Waals surface area contributed by atoms with Crippen molar-refractivity contribution in [2.24, 2.45) is 16.7 Å². The Morgan fingerprint density at radius 1 is 1.33 bits per heavy atom. The molecule has 21 heavy (non-hydrogen) atoms. The van der Waals surface area contributed by atoms with Crippen LogP contribution in [0.2, 0.25) is 0 Å². The molecule has 0 aliphatic heterocycles. The summed E-state index contributed by atoms with van der Waals surface area (Å²) in [5.41, 5.74) is 3.49. The summed E-state index contributed by atoms with van der Waals surface area (Å²) in [4.78, 5) is 0. The van der Waals surface area contributed by atoms with E-state index in [2.05, 4.69) is 55.8 Å². The zero-order valence-corrected chi connectivity index (χ0v) is 14.4. The van der Waals surface area contributed by atoms with Crippen LogP contribution in [-0.2, 0) is 19.5 Å². The number of nitrogens with zero attached hydrogens (tertiary/aromatic N) is 2. The van der Waals surface area contributed by atoms with E-state index in [0.29, 0.717) is 16.9 Å². The standard InChI is InChI=1S/C18H31N3/c1-6-14-10-15(21(7-2)20-14)12-19-16-17(3,4)13-8-9-18(16,5)11-13/h10,13,16,19H,6-9,11-12H2,1-5H3. The monoisotopic (exact) mass is 289 g/mol. The Balaban J connectivity index is 1.74. The Kier molecular flexibility index (Phi) is 3.67. The number of nitrogens with one attached hydrogen (secondary N) is 1. The molecule has 1 aromatic heterocycles. The second-order valence-corrected chi connectivity index (χ2v) is 8.03. The Labute approximate surface area is 129 Å².